The topological polar surface area (TPSA) is 128 Å². The van der Waals surface area contributed by atoms with Crippen molar-refractivity contribution in [3.05, 3.63) is 33.1 Å². The molecular weight excluding hydrogens is 242 g/mol. The van der Waals surface area contributed by atoms with Crippen molar-refractivity contribution in [3.63, 3.8) is 0 Å². The van der Waals surface area contributed by atoms with Crippen LogP contribution < -0.4 is 11.2 Å². The first-order chi connectivity index (χ1) is 8.58. The zero-order valence-corrected chi connectivity index (χ0v) is 9.18. The Balaban J connectivity index is 2.38. The van der Waals surface area contributed by atoms with E-state index in [4.69, 9.17) is 15.1 Å². The van der Waals surface area contributed by atoms with Gasteiger partial charge in [0.15, 0.2) is 6.23 Å². The molecule has 0 amide bonds. The molecule has 2 rings (SSSR count). The Kier molecular flexibility index (Phi) is 3.29. The molecule has 1 saturated heterocycles. The molecule has 3 N–H and O–H groups in total. The smallest absolute Gasteiger partial charge is 0.330 e. The third-order valence-electron chi connectivity index (χ3n) is 2.83. The highest BCUT2D eigenvalue weighted by molar-refractivity contribution is 5.01. The van der Waals surface area contributed by atoms with Gasteiger partial charge in [0, 0.05) is 12.3 Å². The van der Waals surface area contributed by atoms with Gasteiger partial charge in [-0.25, -0.2) is 4.79 Å². The first kappa shape index (κ1) is 12.5. The number of nitrogens with zero attached hydrogens (tertiary/aromatic N) is 2. The van der Waals surface area contributed by atoms with Gasteiger partial charge in [-0.05, 0) is 0 Å². The van der Waals surface area contributed by atoms with E-state index in [-0.39, 0.29) is 0 Å². The Morgan fingerprint density at radius 3 is 2.78 bits per heavy atom. The molecule has 0 bridgehead atoms. The summed E-state index contributed by atoms with van der Waals surface area (Å²) in [7, 11) is 0. The molecule has 4 atom stereocenters. The maximum atomic E-state index is 11.5. The highest BCUT2D eigenvalue weighted by Crippen LogP contribution is 2.32. The van der Waals surface area contributed by atoms with Crippen LogP contribution in [0.2, 0.25) is 0 Å². The van der Waals surface area contributed by atoms with Gasteiger partial charge in [-0.2, -0.15) is 5.26 Å². The normalized spacial score (nSPS) is 31.2. The third kappa shape index (κ3) is 1.95. The first-order valence-corrected chi connectivity index (χ1v) is 5.24. The molecule has 0 aromatic carbocycles. The van der Waals surface area contributed by atoms with Crippen LogP contribution in [0, 0.1) is 17.2 Å². The monoisotopic (exact) mass is 253 g/mol. The van der Waals surface area contributed by atoms with E-state index in [1.165, 1.54) is 6.20 Å². The number of aliphatic hydroxyl groups excluding tert-OH is 2. The third-order valence-corrected chi connectivity index (χ3v) is 2.83. The number of aromatic amines is 1. The highest BCUT2D eigenvalue weighted by atomic mass is 16.5. The number of hydrogen-bond acceptors (Lipinski definition) is 6. The minimum Gasteiger partial charge on any atom is -0.394 e. The Morgan fingerprint density at radius 2 is 2.28 bits per heavy atom. The van der Waals surface area contributed by atoms with Gasteiger partial charge in [-0.1, -0.05) is 0 Å². The van der Waals surface area contributed by atoms with Crippen molar-refractivity contribution in [1.82, 2.24) is 9.55 Å². The second-order valence-corrected chi connectivity index (χ2v) is 3.91. The lowest BCUT2D eigenvalue weighted by atomic mass is 10.0. The van der Waals surface area contributed by atoms with Crippen molar-refractivity contribution >= 4 is 0 Å². The second-order valence-electron chi connectivity index (χ2n) is 3.91. The van der Waals surface area contributed by atoms with E-state index in [1.807, 2.05) is 11.1 Å². The maximum absolute atomic E-state index is 11.5. The fourth-order valence-corrected chi connectivity index (χ4v) is 1.92. The average molecular weight is 253 g/mol. The SMILES string of the molecule is N#CC1[C@@H](O)[C@H](n2ccc(=O)[nH]c2=O)O[C@@H]1CO. The lowest BCUT2D eigenvalue weighted by Crippen LogP contribution is -2.35. The predicted molar refractivity (Wildman–Crippen MR) is 57.4 cm³/mol. The predicted octanol–water partition coefficient (Wildman–Crippen LogP) is -2.07. The number of rotatable bonds is 2. The molecule has 0 radical (unpaired) electrons. The van der Waals surface area contributed by atoms with Crippen molar-refractivity contribution in [2.45, 2.75) is 18.4 Å². The van der Waals surface area contributed by atoms with Crippen molar-refractivity contribution in [2.75, 3.05) is 6.61 Å². The van der Waals surface area contributed by atoms with Crippen molar-refractivity contribution in [2.24, 2.45) is 5.92 Å². The molecule has 1 aromatic heterocycles. The Hall–Kier alpha value is -1.95. The van der Waals surface area contributed by atoms with Crippen molar-refractivity contribution in [1.29, 1.82) is 5.26 Å². The van der Waals surface area contributed by atoms with Gasteiger partial charge in [-0.3, -0.25) is 14.3 Å². The van der Waals surface area contributed by atoms with Crippen LogP contribution in [0.3, 0.4) is 0 Å². The number of nitriles is 1. The summed E-state index contributed by atoms with van der Waals surface area (Å²) in [5, 5.41) is 27.8. The fourth-order valence-electron chi connectivity index (χ4n) is 1.92. The van der Waals surface area contributed by atoms with Crippen LogP contribution in [0.25, 0.3) is 0 Å². The van der Waals surface area contributed by atoms with E-state index < -0.39 is 42.2 Å². The van der Waals surface area contributed by atoms with Crippen LogP contribution in [0.1, 0.15) is 6.23 Å². The number of hydrogen-bond donors (Lipinski definition) is 3. The molecule has 0 saturated carbocycles. The average Bonchev–Trinajstić information content (AvgIpc) is 2.66. The molecule has 8 nitrogen and oxygen atoms in total. The second kappa shape index (κ2) is 4.73. The van der Waals surface area contributed by atoms with Gasteiger partial charge in [0.1, 0.15) is 18.1 Å². The molecule has 1 fully saturated rings. The number of aromatic nitrogens is 2. The number of H-pyrrole nitrogens is 1. The molecule has 1 unspecified atom stereocenters. The number of ether oxygens (including phenoxy) is 1. The highest BCUT2D eigenvalue weighted by Gasteiger charge is 2.44. The van der Waals surface area contributed by atoms with Gasteiger partial charge in [0.25, 0.3) is 5.56 Å². The molecule has 1 aliphatic rings. The van der Waals surface area contributed by atoms with Crippen LogP contribution in [0.4, 0.5) is 0 Å². The van der Waals surface area contributed by atoms with Gasteiger partial charge in [-0.15, -0.1) is 0 Å². The van der Waals surface area contributed by atoms with E-state index >= 15 is 0 Å². The Morgan fingerprint density at radius 1 is 1.56 bits per heavy atom. The quantitative estimate of drug-likeness (QED) is 0.555. The van der Waals surface area contributed by atoms with E-state index in [2.05, 4.69) is 0 Å². The summed E-state index contributed by atoms with van der Waals surface area (Å²) in [4.78, 5) is 24.5. The lowest BCUT2D eigenvalue weighted by molar-refractivity contribution is -0.0533. The Bertz CT molecular complexity index is 586. The van der Waals surface area contributed by atoms with Crippen molar-refractivity contribution < 1.29 is 14.9 Å². The molecule has 8 heteroatoms. The largest absolute Gasteiger partial charge is 0.394 e. The summed E-state index contributed by atoms with van der Waals surface area (Å²) < 4.78 is 6.23. The van der Waals surface area contributed by atoms with Crippen LogP contribution in [0.5, 0.6) is 0 Å². The van der Waals surface area contributed by atoms with Crippen LogP contribution in [-0.2, 0) is 4.74 Å². The summed E-state index contributed by atoms with van der Waals surface area (Å²) in [5.74, 6) is -0.932. The number of aliphatic hydroxyl groups is 2. The first-order valence-electron chi connectivity index (χ1n) is 5.24. The maximum Gasteiger partial charge on any atom is 0.330 e. The van der Waals surface area contributed by atoms with Crippen LogP contribution in [-0.4, -0.2) is 38.6 Å². The zero-order valence-electron chi connectivity index (χ0n) is 9.18. The molecule has 96 valence electrons. The zero-order chi connectivity index (χ0) is 13.3. The molecular formula is C10H11N3O5. The van der Waals surface area contributed by atoms with Gasteiger partial charge in [0.2, 0.25) is 0 Å². The summed E-state index contributed by atoms with van der Waals surface area (Å²) in [6, 6.07) is 2.93. The molecule has 18 heavy (non-hydrogen) atoms. The minimum atomic E-state index is -1.25. The Labute approximate surface area is 101 Å². The van der Waals surface area contributed by atoms with E-state index in [9.17, 15) is 14.7 Å². The fraction of sp³-hybridized carbons (Fsp3) is 0.500. The molecule has 1 aliphatic heterocycles. The molecule has 2 heterocycles. The van der Waals surface area contributed by atoms with E-state index in [0.29, 0.717) is 0 Å². The standard InChI is InChI=1S/C10H11N3O5/c11-3-5-6(4-14)18-9(8(5)16)13-2-1-7(15)12-10(13)17/h1-2,5-6,8-9,14,16H,4H2,(H,12,15,17)/t5?,6-,8-,9-/m1/s1. The molecule has 1 aromatic rings. The van der Waals surface area contributed by atoms with Gasteiger partial charge >= 0.3 is 5.69 Å². The van der Waals surface area contributed by atoms with Crippen molar-refractivity contribution in [3.8, 4) is 6.07 Å². The van der Waals surface area contributed by atoms with Crippen LogP contribution >= 0.6 is 0 Å². The molecule has 0 spiro atoms. The molecule has 0 aliphatic carbocycles. The summed E-state index contributed by atoms with van der Waals surface area (Å²) >= 11 is 0. The summed E-state index contributed by atoms with van der Waals surface area (Å²) in [6.45, 7) is -0.441. The van der Waals surface area contributed by atoms with Crippen LogP contribution in [0.15, 0.2) is 21.9 Å². The minimum absolute atomic E-state index is 0.441. The van der Waals surface area contributed by atoms with Gasteiger partial charge in [0.05, 0.1) is 12.7 Å². The number of nitrogens with one attached hydrogen (secondary N) is 1. The van der Waals surface area contributed by atoms with Gasteiger partial charge < -0.3 is 14.9 Å². The lowest BCUT2D eigenvalue weighted by Gasteiger charge is -2.16. The van der Waals surface area contributed by atoms with E-state index in [1.54, 1.807) is 0 Å². The summed E-state index contributed by atoms with van der Waals surface area (Å²) in [5.41, 5.74) is -1.32. The van der Waals surface area contributed by atoms with E-state index in [0.717, 1.165) is 10.6 Å². The summed E-state index contributed by atoms with van der Waals surface area (Å²) in [6.07, 6.45) is -2.05.